The standard InChI is InChI=1S/C13H20N4/c1-6-13(4,5)8-15-12-11(7-14)9(2)10(3)16-17-12/h6,8H2,1-5H3,(H,15,17). The molecule has 1 rings (SSSR count). The van der Waals surface area contributed by atoms with Crippen LogP contribution < -0.4 is 5.32 Å². The molecule has 0 atom stereocenters. The minimum absolute atomic E-state index is 0.188. The van der Waals surface area contributed by atoms with Gasteiger partial charge < -0.3 is 5.32 Å². The molecule has 0 aromatic carbocycles. The van der Waals surface area contributed by atoms with Gasteiger partial charge in [-0.1, -0.05) is 20.8 Å². The number of anilines is 1. The van der Waals surface area contributed by atoms with Gasteiger partial charge in [0.15, 0.2) is 5.82 Å². The second-order valence-corrected chi connectivity index (χ2v) is 5.12. The van der Waals surface area contributed by atoms with Crippen molar-refractivity contribution in [2.75, 3.05) is 11.9 Å². The molecular formula is C13H20N4. The maximum absolute atomic E-state index is 9.15. The highest BCUT2D eigenvalue weighted by Crippen LogP contribution is 2.22. The van der Waals surface area contributed by atoms with E-state index in [1.165, 1.54) is 0 Å². The molecule has 0 amide bonds. The Balaban J connectivity index is 2.94. The summed E-state index contributed by atoms with van der Waals surface area (Å²) in [5.74, 6) is 0.595. The Kier molecular flexibility index (Phi) is 4.06. The zero-order chi connectivity index (χ0) is 13.1. The highest BCUT2D eigenvalue weighted by atomic mass is 15.2. The number of nitrogens with one attached hydrogen (secondary N) is 1. The molecule has 4 heteroatoms. The van der Waals surface area contributed by atoms with Gasteiger partial charge in [0.1, 0.15) is 11.6 Å². The van der Waals surface area contributed by atoms with E-state index in [0.29, 0.717) is 11.4 Å². The topological polar surface area (TPSA) is 61.6 Å². The Labute approximate surface area is 103 Å². The molecule has 0 unspecified atom stereocenters. The van der Waals surface area contributed by atoms with Gasteiger partial charge in [-0.2, -0.15) is 10.4 Å². The molecule has 0 saturated carbocycles. The second-order valence-electron chi connectivity index (χ2n) is 5.12. The first-order valence-electron chi connectivity index (χ1n) is 5.89. The van der Waals surface area contributed by atoms with Crippen LogP contribution >= 0.6 is 0 Å². The zero-order valence-electron chi connectivity index (χ0n) is 11.3. The Hall–Kier alpha value is -1.63. The third kappa shape index (κ3) is 3.16. The van der Waals surface area contributed by atoms with Crippen LogP contribution in [-0.4, -0.2) is 16.7 Å². The van der Waals surface area contributed by atoms with Crippen molar-refractivity contribution < 1.29 is 0 Å². The summed E-state index contributed by atoms with van der Waals surface area (Å²) in [5.41, 5.74) is 2.50. The Morgan fingerprint density at radius 2 is 1.94 bits per heavy atom. The Bertz CT molecular complexity index is 443. The summed E-state index contributed by atoms with van der Waals surface area (Å²) in [5, 5.41) is 20.5. The van der Waals surface area contributed by atoms with E-state index < -0.39 is 0 Å². The molecule has 17 heavy (non-hydrogen) atoms. The summed E-state index contributed by atoms with van der Waals surface area (Å²) < 4.78 is 0. The molecule has 0 radical (unpaired) electrons. The van der Waals surface area contributed by atoms with E-state index in [0.717, 1.165) is 24.2 Å². The van der Waals surface area contributed by atoms with Gasteiger partial charge in [-0.3, -0.25) is 0 Å². The molecule has 0 aliphatic heterocycles. The number of rotatable bonds is 4. The summed E-state index contributed by atoms with van der Waals surface area (Å²) in [4.78, 5) is 0. The molecule has 4 nitrogen and oxygen atoms in total. The third-order valence-electron chi connectivity index (χ3n) is 3.26. The van der Waals surface area contributed by atoms with E-state index in [9.17, 15) is 0 Å². The van der Waals surface area contributed by atoms with Gasteiger partial charge in [-0.15, -0.1) is 5.10 Å². The average molecular weight is 232 g/mol. The van der Waals surface area contributed by atoms with Crippen molar-refractivity contribution in [2.45, 2.75) is 41.0 Å². The van der Waals surface area contributed by atoms with Crippen molar-refractivity contribution in [1.82, 2.24) is 10.2 Å². The van der Waals surface area contributed by atoms with Crippen molar-refractivity contribution in [1.29, 1.82) is 5.26 Å². The van der Waals surface area contributed by atoms with E-state index >= 15 is 0 Å². The Morgan fingerprint density at radius 3 is 2.47 bits per heavy atom. The lowest BCUT2D eigenvalue weighted by atomic mass is 9.90. The molecule has 0 saturated heterocycles. The lowest BCUT2D eigenvalue weighted by Gasteiger charge is -2.23. The summed E-state index contributed by atoms with van der Waals surface area (Å²) in [6.07, 6.45) is 1.07. The monoisotopic (exact) mass is 232 g/mol. The first-order chi connectivity index (χ1) is 7.91. The van der Waals surface area contributed by atoms with Crippen LogP contribution in [-0.2, 0) is 0 Å². The molecule has 0 spiro atoms. The van der Waals surface area contributed by atoms with Crippen molar-refractivity contribution in [3.05, 3.63) is 16.8 Å². The molecule has 92 valence electrons. The van der Waals surface area contributed by atoms with Crippen LogP contribution in [0.15, 0.2) is 0 Å². The highest BCUT2D eigenvalue weighted by Gasteiger charge is 2.17. The van der Waals surface area contributed by atoms with Gasteiger partial charge in [0, 0.05) is 6.54 Å². The number of aromatic nitrogens is 2. The molecule has 1 heterocycles. The largest absolute Gasteiger partial charge is 0.367 e. The predicted molar refractivity (Wildman–Crippen MR) is 68.8 cm³/mol. The van der Waals surface area contributed by atoms with Crippen LogP contribution in [0.3, 0.4) is 0 Å². The lowest BCUT2D eigenvalue weighted by Crippen LogP contribution is -2.23. The number of hydrogen-bond acceptors (Lipinski definition) is 4. The number of nitriles is 1. The van der Waals surface area contributed by atoms with Gasteiger partial charge in [-0.25, -0.2) is 0 Å². The quantitative estimate of drug-likeness (QED) is 0.867. The maximum Gasteiger partial charge on any atom is 0.166 e. The summed E-state index contributed by atoms with van der Waals surface area (Å²) in [6.45, 7) is 11.1. The van der Waals surface area contributed by atoms with Gasteiger partial charge in [0.25, 0.3) is 0 Å². The smallest absolute Gasteiger partial charge is 0.166 e. The average Bonchev–Trinajstić information content (AvgIpc) is 2.31. The van der Waals surface area contributed by atoms with Crippen LogP contribution in [0.5, 0.6) is 0 Å². The van der Waals surface area contributed by atoms with Crippen molar-refractivity contribution in [3.8, 4) is 6.07 Å². The molecule has 0 aliphatic carbocycles. The molecule has 0 aliphatic rings. The maximum atomic E-state index is 9.15. The Morgan fingerprint density at radius 1 is 1.29 bits per heavy atom. The van der Waals surface area contributed by atoms with Crippen LogP contribution in [0.1, 0.15) is 44.0 Å². The molecule has 1 aromatic heterocycles. The minimum atomic E-state index is 0.188. The van der Waals surface area contributed by atoms with Crippen molar-refractivity contribution in [2.24, 2.45) is 5.41 Å². The second kappa shape index (κ2) is 5.13. The van der Waals surface area contributed by atoms with E-state index in [-0.39, 0.29) is 5.41 Å². The highest BCUT2D eigenvalue weighted by molar-refractivity contribution is 5.55. The fourth-order valence-corrected chi connectivity index (χ4v) is 1.32. The summed E-state index contributed by atoms with van der Waals surface area (Å²) in [6, 6.07) is 2.19. The first-order valence-corrected chi connectivity index (χ1v) is 5.89. The normalized spacial score (nSPS) is 11.1. The van der Waals surface area contributed by atoms with E-state index in [1.807, 2.05) is 13.8 Å². The number of aryl methyl sites for hydroxylation is 1. The van der Waals surface area contributed by atoms with Gasteiger partial charge in [-0.05, 0) is 31.2 Å². The molecule has 0 fully saturated rings. The first kappa shape index (κ1) is 13.4. The van der Waals surface area contributed by atoms with Crippen LogP contribution in [0.4, 0.5) is 5.82 Å². The SMILES string of the molecule is CCC(C)(C)CNc1nnc(C)c(C)c1C#N. The summed E-state index contributed by atoms with van der Waals surface area (Å²) >= 11 is 0. The molecule has 1 aromatic rings. The van der Waals surface area contributed by atoms with Crippen LogP contribution in [0.25, 0.3) is 0 Å². The molecular weight excluding hydrogens is 212 g/mol. The predicted octanol–water partition coefficient (Wildman–Crippen LogP) is 2.81. The van der Waals surface area contributed by atoms with E-state index in [1.54, 1.807) is 0 Å². The lowest BCUT2D eigenvalue weighted by molar-refractivity contribution is 0.376. The fraction of sp³-hybridized carbons (Fsp3) is 0.615. The zero-order valence-corrected chi connectivity index (χ0v) is 11.3. The third-order valence-corrected chi connectivity index (χ3v) is 3.26. The molecule has 1 N–H and O–H groups in total. The minimum Gasteiger partial charge on any atom is -0.367 e. The van der Waals surface area contributed by atoms with Gasteiger partial charge in [0.2, 0.25) is 0 Å². The van der Waals surface area contributed by atoms with E-state index in [2.05, 4.69) is 42.4 Å². The van der Waals surface area contributed by atoms with Crippen molar-refractivity contribution >= 4 is 5.82 Å². The van der Waals surface area contributed by atoms with Crippen LogP contribution in [0.2, 0.25) is 0 Å². The number of nitrogens with zero attached hydrogens (tertiary/aromatic N) is 3. The summed E-state index contributed by atoms with van der Waals surface area (Å²) in [7, 11) is 0. The fourth-order valence-electron chi connectivity index (χ4n) is 1.32. The molecule has 0 bridgehead atoms. The van der Waals surface area contributed by atoms with Gasteiger partial charge >= 0.3 is 0 Å². The van der Waals surface area contributed by atoms with Gasteiger partial charge in [0.05, 0.1) is 5.69 Å². The van der Waals surface area contributed by atoms with Crippen molar-refractivity contribution in [3.63, 3.8) is 0 Å². The van der Waals surface area contributed by atoms with Crippen LogP contribution in [0, 0.1) is 30.6 Å². The van der Waals surface area contributed by atoms with E-state index in [4.69, 9.17) is 5.26 Å². The number of hydrogen-bond donors (Lipinski definition) is 1.